The largest absolute Gasteiger partial charge is 0.489 e. The van der Waals surface area contributed by atoms with Crippen molar-refractivity contribution in [1.82, 2.24) is 10.4 Å². The van der Waals surface area contributed by atoms with Gasteiger partial charge < -0.3 is 23.7 Å². The van der Waals surface area contributed by atoms with Crippen LogP contribution in [-0.4, -0.2) is 23.5 Å². The first-order valence-electron chi connectivity index (χ1n) is 15.4. The van der Waals surface area contributed by atoms with Crippen molar-refractivity contribution in [3.05, 3.63) is 167 Å². The number of nitrogens with one attached hydrogen (secondary N) is 1. The van der Waals surface area contributed by atoms with Gasteiger partial charge in [-0.25, -0.2) is 15.0 Å². The van der Waals surface area contributed by atoms with Crippen LogP contribution >= 0.6 is 0 Å². The van der Waals surface area contributed by atoms with Crippen molar-refractivity contribution in [2.75, 3.05) is 0 Å². The summed E-state index contributed by atoms with van der Waals surface area (Å²) in [5.41, 5.74) is 4.28. The summed E-state index contributed by atoms with van der Waals surface area (Å²) < 4.78 is 23.3. The zero-order valence-electron chi connectivity index (χ0n) is 26.5. The smallest absolute Gasteiger partial charge is 0.430 e. The van der Waals surface area contributed by atoms with Crippen LogP contribution in [0.2, 0.25) is 0 Å². The van der Waals surface area contributed by atoms with Crippen LogP contribution in [-0.2, 0) is 46.2 Å². The van der Waals surface area contributed by atoms with Gasteiger partial charge in [0, 0.05) is 6.07 Å². The minimum absolute atomic E-state index is 0.0579. The Morgan fingerprint density at radius 3 is 1.42 bits per heavy atom. The van der Waals surface area contributed by atoms with Gasteiger partial charge in [-0.05, 0) is 46.9 Å². The summed E-state index contributed by atoms with van der Waals surface area (Å²) in [5, 5.41) is 0.827. The molecule has 1 unspecified atom stereocenters. The Morgan fingerprint density at radius 1 is 0.604 bits per heavy atom. The molecule has 0 heterocycles. The SMILES string of the molecule is CC(C=O)(c1cc(OCc2ccccc2)cc(OCc2ccccc2)c1)N(NC(=O)OCc1ccccc1)C(=O)OCc1ccccc1. The standard InChI is InChI=1S/C39H36N2O7/c1-39(29-42,41(38(44)48-28-33-20-12-5-13-21-33)40-37(43)47-27-32-18-10-4-11-19-32)34-22-35(45-25-30-14-6-2-7-15-30)24-36(23-34)46-26-31-16-8-3-9-17-31/h2-24,29H,25-28H2,1H3,(H,40,43). The van der Waals surface area contributed by atoms with Gasteiger partial charge in [0.25, 0.3) is 0 Å². The summed E-state index contributed by atoms with van der Waals surface area (Å²) in [4.78, 5) is 39.9. The predicted molar refractivity (Wildman–Crippen MR) is 180 cm³/mol. The molecule has 0 saturated carbocycles. The molecule has 2 amide bonds. The quantitative estimate of drug-likeness (QED) is 0.103. The lowest BCUT2D eigenvalue weighted by molar-refractivity contribution is -0.119. The van der Waals surface area contributed by atoms with Gasteiger partial charge in [-0.15, -0.1) is 0 Å². The van der Waals surface area contributed by atoms with Crippen LogP contribution in [0.5, 0.6) is 11.5 Å². The van der Waals surface area contributed by atoms with Crippen molar-refractivity contribution < 1.29 is 33.3 Å². The van der Waals surface area contributed by atoms with Crippen molar-refractivity contribution >= 4 is 18.5 Å². The summed E-state index contributed by atoms with van der Waals surface area (Å²) >= 11 is 0. The van der Waals surface area contributed by atoms with Gasteiger partial charge in [0.15, 0.2) is 6.29 Å². The maximum absolute atomic E-state index is 13.7. The molecule has 244 valence electrons. The highest BCUT2D eigenvalue weighted by Gasteiger charge is 2.41. The monoisotopic (exact) mass is 644 g/mol. The van der Waals surface area contributed by atoms with Crippen molar-refractivity contribution in [2.45, 2.75) is 38.9 Å². The normalized spacial score (nSPS) is 11.8. The number of amides is 2. The molecule has 0 aliphatic carbocycles. The Morgan fingerprint density at radius 2 is 1.00 bits per heavy atom. The molecule has 1 atom stereocenters. The van der Waals surface area contributed by atoms with E-state index in [2.05, 4.69) is 5.43 Å². The number of benzene rings is 5. The van der Waals surface area contributed by atoms with Gasteiger partial charge in [0.1, 0.15) is 43.5 Å². The summed E-state index contributed by atoms with van der Waals surface area (Å²) in [7, 11) is 0. The zero-order valence-corrected chi connectivity index (χ0v) is 26.5. The van der Waals surface area contributed by atoms with E-state index < -0.39 is 17.7 Å². The van der Waals surface area contributed by atoms with Crippen LogP contribution in [0.3, 0.4) is 0 Å². The van der Waals surface area contributed by atoms with E-state index >= 15 is 0 Å². The third kappa shape index (κ3) is 9.23. The Kier molecular flexibility index (Phi) is 11.4. The lowest BCUT2D eigenvalue weighted by Crippen LogP contribution is -2.58. The number of ether oxygens (including phenoxy) is 4. The molecule has 0 fully saturated rings. The molecular weight excluding hydrogens is 608 g/mol. The first-order chi connectivity index (χ1) is 23.4. The summed E-state index contributed by atoms with van der Waals surface area (Å²) in [5.74, 6) is 0.772. The number of aldehydes is 1. The molecule has 5 aromatic rings. The summed E-state index contributed by atoms with van der Waals surface area (Å²) in [6.07, 6.45) is -1.39. The summed E-state index contributed by atoms with van der Waals surface area (Å²) in [6.45, 7) is 1.81. The molecule has 9 heteroatoms. The van der Waals surface area contributed by atoms with E-state index in [4.69, 9.17) is 18.9 Å². The topological polar surface area (TPSA) is 103 Å². The fourth-order valence-corrected chi connectivity index (χ4v) is 4.74. The third-order valence-electron chi connectivity index (χ3n) is 7.46. The Balaban J connectivity index is 1.45. The molecule has 0 radical (unpaired) electrons. The van der Waals surface area contributed by atoms with E-state index in [0.29, 0.717) is 23.3 Å². The molecular formula is C39H36N2O7. The van der Waals surface area contributed by atoms with Crippen LogP contribution < -0.4 is 14.9 Å². The van der Waals surface area contributed by atoms with Crippen molar-refractivity contribution in [3.8, 4) is 11.5 Å². The van der Waals surface area contributed by atoms with Gasteiger partial charge in [-0.1, -0.05) is 121 Å². The minimum atomic E-state index is -1.80. The molecule has 48 heavy (non-hydrogen) atoms. The van der Waals surface area contributed by atoms with Crippen LogP contribution in [0.25, 0.3) is 0 Å². The van der Waals surface area contributed by atoms with Crippen LogP contribution in [0.4, 0.5) is 9.59 Å². The fourth-order valence-electron chi connectivity index (χ4n) is 4.74. The van der Waals surface area contributed by atoms with E-state index in [1.165, 1.54) is 6.92 Å². The molecule has 1 N–H and O–H groups in total. The highest BCUT2D eigenvalue weighted by atomic mass is 16.6. The van der Waals surface area contributed by atoms with Crippen molar-refractivity contribution in [3.63, 3.8) is 0 Å². The Hall–Kier alpha value is -6.09. The third-order valence-corrected chi connectivity index (χ3v) is 7.46. The molecule has 0 aliphatic rings. The predicted octanol–water partition coefficient (Wildman–Crippen LogP) is 7.74. The fraction of sp³-hybridized carbons (Fsp3) is 0.154. The number of rotatable bonds is 13. The summed E-state index contributed by atoms with van der Waals surface area (Å²) in [6, 6.07) is 42.3. The number of hydrogen-bond donors (Lipinski definition) is 1. The first kappa shape index (κ1) is 33.3. The molecule has 0 bridgehead atoms. The highest BCUT2D eigenvalue weighted by Crippen LogP contribution is 2.34. The number of carbonyl (C=O) groups excluding carboxylic acids is 3. The van der Waals surface area contributed by atoms with Gasteiger partial charge in [-0.2, -0.15) is 5.01 Å². The number of hydrogen-bond acceptors (Lipinski definition) is 7. The Bertz CT molecular complexity index is 1710. The van der Waals surface area contributed by atoms with Crippen LogP contribution in [0.15, 0.2) is 140 Å². The van der Waals surface area contributed by atoms with E-state index in [9.17, 15) is 14.4 Å². The zero-order chi connectivity index (χ0) is 33.6. The van der Waals surface area contributed by atoms with Crippen molar-refractivity contribution in [2.24, 2.45) is 0 Å². The number of nitrogens with zero attached hydrogens (tertiary/aromatic N) is 1. The molecule has 9 nitrogen and oxygen atoms in total. The Labute approximate surface area is 279 Å². The average molecular weight is 645 g/mol. The lowest BCUT2D eigenvalue weighted by Gasteiger charge is -2.36. The minimum Gasteiger partial charge on any atom is -0.489 e. The van der Waals surface area contributed by atoms with E-state index in [0.717, 1.165) is 27.3 Å². The lowest BCUT2D eigenvalue weighted by atomic mass is 9.92. The molecule has 0 aliphatic heterocycles. The molecule has 0 aromatic heterocycles. The maximum atomic E-state index is 13.7. The van der Waals surface area contributed by atoms with Crippen LogP contribution in [0.1, 0.15) is 34.7 Å². The molecule has 0 saturated heterocycles. The molecule has 5 rings (SSSR count). The van der Waals surface area contributed by atoms with Gasteiger partial charge >= 0.3 is 12.2 Å². The van der Waals surface area contributed by atoms with E-state index in [1.807, 2.05) is 97.1 Å². The van der Waals surface area contributed by atoms with E-state index in [1.54, 1.807) is 42.5 Å². The van der Waals surface area contributed by atoms with Gasteiger partial charge in [-0.3, -0.25) is 0 Å². The second-order valence-electron chi connectivity index (χ2n) is 11.1. The molecule has 0 spiro atoms. The molecule has 5 aromatic carbocycles. The average Bonchev–Trinajstić information content (AvgIpc) is 3.15. The first-order valence-corrected chi connectivity index (χ1v) is 15.4. The van der Waals surface area contributed by atoms with Crippen molar-refractivity contribution in [1.29, 1.82) is 0 Å². The van der Waals surface area contributed by atoms with Crippen LogP contribution in [0, 0.1) is 0 Å². The van der Waals surface area contributed by atoms with Gasteiger partial charge in [0.2, 0.25) is 0 Å². The second kappa shape index (κ2) is 16.5. The number of hydrazine groups is 1. The second-order valence-corrected chi connectivity index (χ2v) is 11.1. The number of carbonyl (C=O) groups is 3. The van der Waals surface area contributed by atoms with Gasteiger partial charge in [0.05, 0.1) is 0 Å². The highest BCUT2D eigenvalue weighted by molar-refractivity contribution is 5.81. The maximum Gasteiger partial charge on any atom is 0.430 e. The van der Waals surface area contributed by atoms with E-state index in [-0.39, 0.29) is 26.4 Å².